The van der Waals surface area contributed by atoms with Crippen molar-refractivity contribution in [2.24, 2.45) is 10.9 Å². The fraction of sp³-hybridized carbons (Fsp3) is 0.333. The molecule has 3 aromatic rings. The van der Waals surface area contributed by atoms with E-state index in [9.17, 15) is 21.6 Å². The van der Waals surface area contributed by atoms with Crippen molar-refractivity contribution < 1.29 is 21.6 Å². The zero-order valence-electron chi connectivity index (χ0n) is 19.5. The standard InChI is InChI=1S/C24H27N3O5S3/c1-4-13-27-21-12-11-20(34(3,29)30)15-22(21)33-24(27)25-23(28)18-6-5-14-26(16-18)35(31,32)19-9-7-17(2)8-10-19/h4,7-12,15,18H,1,5-6,13-14,16H2,2-3H3. The largest absolute Gasteiger partial charge is 0.313 e. The van der Waals surface area contributed by atoms with Crippen LogP contribution in [-0.2, 0) is 31.2 Å². The van der Waals surface area contributed by atoms with Crippen molar-refractivity contribution in [3.8, 4) is 0 Å². The Labute approximate surface area is 209 Å². The third kappa shape index (κ3) is 5.32. The van der Waals surface area contributed by atoms with Gasteiger partial charge in [-0.25, -0.2) is 16.8 Å². The highest BCUT2D eigenvalue weighted by molar-refractivity contribution is 7.90. The summed E-state index contributed by atoms with van der Waals surface area (Å²) in [4.78, 5) is 18.3. The highest BCUT2D eigenvalue weighted by Crippen LogP contribution is 2.26. The van der Waals surface area contributed by atoms with Gasteiger partial charge in [-0.2, -0.15) is 9.30 Å². The zero-order valence-corrected chi connectivity index (χ0v) is 22.0. The maximum absolute atomic E-state index is 13.2. The molecule has 1 aromatic heterocycles. The van der Waals surface area contributed by atoms with Gasteiger partial charge in [0.1, 0.15) is 0 Å². The molecule has 186 valence electrons. The molecule has 2 aromatic carbocycles. The second-order valence-corrected chi connectivity index (χ2v) is 13.6. The minimum atomic E-state index is -3.71. The third-order valence-corrected chi connectivity index (χ3v) is 10.0. The molecule has 1 amide bonds. The number of sulfone groups is 1. The van der Waals surface area contributed by atoms with Gasteiger partial charge in [0.15, 0.2) is 14.6 Å². The van der Waals surface area contributed by atoms with E-state index < -0.39 is 25.8 Å². The lowest BCUT2D eigenvalue weighted by Gasteiger charge is -2.30. The average molecular weight is 534 g/mol. The summed E-state index contributed by atoms with van der Waals surface area (Å²) >= 11 is 1.22. The lowest BCUT2D eigenvalue weighted by Crippen LogP contribution is -2.42. The monoisotopic (exact) mass is 533 g/mol. The van der Waals surface area contributed by atoms with Gasteiger partial charge < -0.3 is 4.57 Å². The number of carbonyl (C=O) groups excluding carboxylic acids is 1. The summed E-state index contributed by atoms with van der Waals surface area (Å²) in [6, 6.07) is 11.5. The number of rotatable bonds is 6. The number of benzene rings is 2. The summed E-state index contributed by atoms with van der Waals surface area (Å²) in [6.45, 7) is 6.48. The molecule has 8 nitrogen and oxygen atoms in total. The molecule has 0 spiro atoms. The number of fused-ring (bicyclic) bond motifs is 1. The number of amides is 1. The van der Waals surface area contributed by atoms with E-state index >= 15 is 0 Å². The molecule has 1 unspecified atom stereocenters. The number of piperidine rings is 1. The fourth-order valence-corrected chi connectivity index (χ4v) is 7.41. The third-order valence-electron chi connectivity index (χ3n) is 5.99. The van der Waals surface area contributed by atoms with Crippen LogP contribution in [0, 0.1) is 12.8 Å². The molecule has 11 heteroatoms. The fourth-order valence-electron chi connectivity index (χ4n) is 4.08. The van der Waals surface area contributed by atoms with Crippen molar-refractivity contribution >= 4 is 47.3 Å². The van der Waals surface area contributed by atoms with Gasteiger partial charge in [-0.3, -0.25) is 4.79 Å². The number of hydrogen-bond donors (Lipinski definition) is 0. The molecule has 0 bridgehead atoms. The molecule has 1 atom stereocenters. The van der Waals surface area contributed by atoms with Crippen molar-refractivity contribution in [3.63, 3.8) is 0 Å². The minimum absolute atomic E-state index is 0.0725. The second kappa shape index (κ2) is 9.81. The first-order chi connectivity index (χ1) is 16.5. The van der Waals surface area contributed by atoms with Gasteiger partial charge in [-0.05, 0) is 50.1 Å². The number of sulfonamides is 1. The van der Waals surface area contributed by atoms with Crippen LogP contribution in [0.3, 0.4) is 0 Å². The van der Waals surface area contributed by atoms with Gasteiger partial charge in [-0.15, -0.1) is 6.58 Å². The van der Waals surface area contributed by atoms with Gasteiger partial charge in [0, 0.05) is 25.9 Å². The minimum Gasteiger partial charge on any atom is -0.313 e. The SMILES string of the molecule is C=CCn1c(=NC(=O)C2CCCN(S(=O)(=O)c3ccc(C)cc3)C2)sc2cc(S(C)(=O)=O)ccc21. The molecule has 1 fully saturated rings. The lowest BCUT2D eigenvalue weighted by atomic mass is 9.99. The summed E-state index contributed by atoms with van der Waals surface area (Å²) in [5, 5.41) is 0. The summed E-state index contributed by atoms with van der Waals surface area (Å²) in [7, 11) is -7.09. The molecule has 0 N–H and O–H groups in total. The number of aromatic nitrogens is 1. The van der Waals surface area contributed by atoms with E-state index in [-0.39, 0.29) is 22.2 Å². The predicted octanol–water partition coefficient (Wildman–Crippen LogP) is 3.13. The van der Waals surface area contributed by atoms with Gasteiger partial charge in [0.25, 0.3) is 5.91 Å². The number of carbonyl (C=O) groups is 1. The molecule has 2 heterocycles. The molecule has 1 aliphatic heterocycles. The van der Waals surface area contributed by atoms with E-state index in [0.29, 0.717) is 35.4 Å². The van der Waals surface area contributed by atoms with E-state index in [1.165, 1.54) is 21.7 Å². The molecule has 0 aliphatic carbocycles. The molecular weight excluding hydrogens is 506 g/mol. The van der Waals surface area contributed by atoms with Crippen molar-refractivity contribution in [1.82, 2.24) is 8.87 Å². The van der Waals surface area contributed by atoms with Crippen molar-refractivity contribution in [3.05, 3.63) is 65.5 Å². The molecule has 1 saturated heterocycles. The topological polar surface area (TPSA) is 106 Å². The number of thiazole rings is 1. The van der Waals surface area contributed by atoms with Gasteiger partial charge in [0.05, 0.1) is 25.9 Å². The highest BCUT2D eigenvalue weighted by atomic mass is 32.2. The van der Waals surface area contributed by atoms with Crippen molar-refractivity contribution in [2.45, 2.75) is 36.1 Å². The van der Waals surface area contributed by atoms with Crippen LogP contribution < -0.4 is 4.80 Å². The van der Waals surface area contributed by atoms with Crippen LogP contribution >= 0.6 is 11.3 Å². The molecule has 1 aliphatic rings. The molecule has 4 rings (SSSR count). The average Bonchev–Trinajstić information content (AvgIpc) is 3.15. The van der Waals surface area contributed by atoms with E-state index in [0.717, 1.165) is 17.3 Å². The normalized spacial score (nSPS) is 18.1. The van der Waals surface area contributed by atoms with Crippen molar-refractivity contribution in [2.75, 3.05) is 19.3 Å². The lowest BCUT2D eigenvalue weighted by molar-refractivity contribution is -0.122. The molecule has 0 radical (unpaired) electrons. The first kappa shape index (κ1) is 25.5. The maximum Gasteiger partial charge on any atom is 0.252 e. The van der Waals surface area contributed by atoms with Crippen LogP contribution in [0.2, 0.25) is 0 Å². The summed E-state index contributed by atoms with van der Waals surface area (Å²) < 4.78 is 54.0. The van der Waals surface area contributed by atoms with Crippen LogP contribution in [0.4, 0.5) is 0 Å². The Kier molecular flexibility index (Phi) is 7.14. The number of allylic oxidation sites excluding steroid dienone is 1. The van der Waals surface area contributed by atoms with Gasteiger partial charge in [0.2, 0.25) is 10.0 Å². The molecule has 35 heavy (non-hydrogen) atoms. The van der Waals surface area contributed by atoms with Crippen LogP contribution in [-0.4, -0.2) is 51.0 Å². The Bertz CT molecular complexity index is 1570. The van der Waals surface area contributed by atoms with E-state index in [2.05, 4.69) is 11.6 Å². The molecule has 0 saturated carbocycles. The maximum atomic E-state index is 13.2. The van der Waals surface area contributed by atoms with E-state index in [4.69, 9.17) is 0 Å². The van der Waals surface area contributed by atoms with Gasteiger partial charge >= 0.3 is 0 Å². The Morgan fingerprint density at radius 1 is 1.14 bits per heavy atom. The smallest absolute Gasteiger partial charge is 0.252 e. The van der Waals surface area contributed by atoms with Crippen LogP contribution in [0.5, 0.6) is 0 Å². The Balaban J connectivity index is 1.66. The van der Waals surface area contributed by atoms with E-state index in [1.807, 2.05) is 6.92 Å². The Hall–Kier alpha value is -2.60. The summed E-state index contributed by atoms with van der Waals surface area (Å²) in [6.07, 6.45) is 3.94. The highest BCUT2D eigenvalue weighted by Gasteiger charge is 2.33. The van der Waals surface area contributed by atoms with Crippen molar-refractivity contribution in [1.29, 1.82) is 0 Å². The van der Waals surface area contributed by atoms with Crippen LogP contribution in [0.15, 0.2) is 69.9 Å². The van der Waals surface area contributed by atoms with E-state index in [1.54, 1.807) is 47.0 Å². The van der Waals surface area contributed by atoms with Crippen LogP contribution in [0.25, 0.3) is 10.2 Å². The first-order valence-corrected chi connectivity index (χ1v) is 15.3. The number of nitrogens with zero attached hydrogens (tertiary/aromatic N) is 3. The Morgan fingerprint density at radius 2 is 1.83 bits per heavy atom. The summed E-state index contributed by atoms with van der Waals surface area (Å²) in [5.74, 6) is -0.945. The van der Waals surface area contributed by atoms with Crippen LogP contribution in [0.1, 0.15) is 18.4 Å². The number of aryl methyl sites for hydroxylation is 1. The zero-order chi connectivity index (χ0) is 25.4. The van der Waals surface area contributed by atoms with Gasteiger partial charge in [-0.1, -0.05) is 35.1 Å². The summed E-state index contributed by atoms with van der Waals surface area (Å²) in [5.41, 5.74) is 1.72. The predicted molar refractivity (Wildman–Crippen MR) is 136 cm³/mol. The number of hydrogen-bond acceptors (Lipinski definition) is 6. The second-order valence-electron chi connectivity index (χ2n) is 8.65. The Morgan fingerprint density at radius 3 is 2.49 bits per heavy atom. The molecular formula is C24H27N3O5S3. The first-order valence-electron chi connectivity index (χ1n) is 11.1. The quantitative estimate of drug-likeness (QED) is 0.453.